The highest BCUT2D eigenvalue weighted by Crippen LogP contribution is 2.48. The molecule has 0 bridgehead atoms. The largest absolute Gasteiger partial charge is 0.303 e. The highest BCUT2D eigenvalue weighted by molar-refractivity contribution is 7.71. The lowest BCUT2D eigenvalue weighted by Gasteiger charge is -2.35. The Bertz CT molecular complexity index is 983. The van der Waals surface area contributed by atoms with E-state index in [9.17, 15) is 0 Å². The molecule has 1 aliphatic carbocycles. The average molecular weight is 384 g/mol. The summed E-state index contributed by atoms with van der Waals surface area (Å²) in [6.07, 6.45) is 7.40. The molecule has 4 heterocycles. The first-order chi connectivity index (χ1) is 12.7. The number of rotatable bonds is 4. The molecule has 1 fully saturated rings. The van der Waals surface area contributed by atoms with Gasteiger partial charge in [-0.2, -0.15) is 5.10 Å². The Balaban J connectivity index is 1.47. The van der Waals surface area contributed by atoms with Gasteiger partial charge in [-0.3, -0.25) is 9.88 Å². The Hall–Kier alpha value is -1.83. The van der Waals surface area contributed by atoms with E-state index in [0.717, 1.165) is 41.7 Å². The fraction of sp³-hybridized carbons (Fsp3) is 0.421. The molecule has 2 aliphatic rings. The van der Waals surface area contributed by atoms with E-state index in [4.69, 9.17) is 17.3 Å². The van der Waals surface area contributed by atoms with E-state index >= 15 is 0 Å². The summed E-state index contributed by atoms with van der Waals surface area (Å²) in [5.41, 5.74) is 2.59. The van der Waals surface area contributed by atoms with Gasteiger partial charge in [0.05, 0.1) is 6.67 Å². The van der Waals surface area contributed by atoms with Crippen molar-refractivity contribution in [2.75, 3.05) is 6.54 Å². The molecule has 7 heteroatoms. The molecular weight excluding hydrogens is 362 g/mol. The van der Waals surface area contributed by atoms with Gasteiger partial charge in [-0.1, -0.05) is 0 Å². The Kier molecular flexibility index (Phi) is 4.03. The summed E-state index contributed by atoms with van der Waals surface area (Å²) < 4.78 is 4.75. The van der Waals surface area contributed by atoms with Crippen LogP contribution in [0.15, 0.2) is 36.0 Å². The van der Waals surface area contributed by atoms with Gasteiger partial charge in [-0.15, -0.1) is 11.3 Å². The van der Waals surface area contributed by atoms with Crippen LogP contribution in [-0.4, -0.2) is 30.8 Å². The van der Waals surface area contributed by atoms with Crippen molar-refractivity contribution in [2.45, 2.75) is 32.0 Å². The van der Waals surface area contributed by atoms with E-state index in [1.807, 2.05) is 39.8 Å². The Morgan fingerprint density at radius 2 is 2.04 bits per heavy atom. The summed E-state index contributed by atoms with van der Waals surface area (Å²) in [4.78, 5) is 8.24. The summed E-state index contributed by atoms with van der Waals surface area (Å²) in [6, 6.07) is 6.81. The van der Waals surface area contributed by atoms with Crippen molar-refractivity contribution in [1.82, 2.24) is 24.2 Å². The lowest BCUT2D eigenvalue weighted by atomic mass is 9.96. The topological polar surface area (TPSA) is 38.9 Å². The maximum absolute atomic E-state index is 5.69. The Morgan fingerprint density at radius 1 is 1.23 bits per heavy atom. The van der Waals surface area contributed by atoms with Gasteiger partial charge in [0.25, 0.3) is 0 Å². The minimum absolute atomic E-state index is 0.526. The van der Waals surface area contributed by atoms with E-state index in [2.05, 4.69) is 21.3 Å². The van der Waals surface area contributed by atoms with Gasteiger partial charge in [-0.05, 0) is 66.5 Å². The van der Waals surface area contributed by atoms with Crippen molar-refractivity contribution in [1.29, 1.82) is 0 Å². The predicted molar refractivity (Wildman–Crippen MR) is 105 cm³/mol. The summed E-state index contributed by atoms with van der Waals surface area (Å²) in [5, 5.41) is 7.09. The molecule has 134 valence electrons. The lowest BCUT2D eigenvalue weighted by Crippen LogP contribution is -2.37. The second kappa shape index (κ2) is 6.40. The van der Waals surface area contributed by atoms with Crippen molar-refractivity contribution in [3.05, 3.63) is 51.2 Å². The Morgan fingerprint density at radius 3 is 2.81 bits per heavy atom. The maximum Gasteiger partial charge on any atom is 0.199 e. The highest BCUT2D eigenvalue weighted by atomic mass is 32.1. The summed E-state index contributed by atoms with van der Waals surface area (Å²) >= 11 is 7.60. The van der Waals surface area contributed by atoms with Crippen LogP contribution in [0.1, 0.15) is 29.3 Å². The number of pyridine rings is 1. The third-order valence-electron chi connectivity index (χ3n) is 5.48. The van der Waals surface area contributed by atoms with Crippen molar-refractivity contribution in [3.63, 3.8) is 0 Å². The number of nitrogens with zero attached hydrogens (tertiary/aromatic N) is 5. The van der Waals surface area contributed by atoms with Crippen molar-refractivity contribution >= 4 is 23.6 Å². The molecule has 0 spiro atoms. The van der Waals surface area contributed by atoms with Gasteiger partial charge in [0.2, 0.25) is 0 Å². The normalized spacial score (nSPS) is 20.3. The number of hydrogen-bond donors (Lipinski definition) is 0. The maximum atomic E-state index is 5.69. The number of aromatic nitrogens is 4. The van der Waals surface area contributed by atoms with Gasteiger partial charge in [-0.25, -0.2) is 4.68 Å². The zero-order valence-electron chi connectivity index (χ0n) is 14.7. The summed E-state index contributed by atoms with van der Waals surface area (Å²) in [5.74, 6) is 1.69. The molecule has 5 rings (SSSR count). The molecule has 0 radical (unpaired) electrons. The minimum Gasteiger partial charge on any atom is -0.303 e. The highest BCUT2D eigenvalue weighted by Gasteiger charge is 2.40. The van der Waals surface area contributed by atoms with E-state index in [-0.39, 0.29) is 0 Å². The molecule has 0 saturated heterocycles. The van der Waals surface area contributed by atoms with Crippen molar-refractivity contribution < 1.29 is 0 Å². The molecular formula is C19H21N5S2. The third kappa shape index (κ3) is 2.74. The second-order valence-corrected chi connectivity index (χ2v) is 8.55. The fourth-order valence-electron chi connectivity index (χ4n) is 4.03. The molecule has 0 N–H and O–H groups in total. The standard InChI is InChI=1S/C19H21N5S2/c1-22-18(14-4-8-20-9-5-14)21-24(19(22)25)12-23-10-6-16-15(7-11-26-16)17(23)13-2-3-13/h4-5,7-9,11,13,17H,2-3,6,10,12H2,1H3/t17-/m0/s1. The van der Waals surface area contributed by atoms with E-state index in [1.54, 1.807) is 22.8 Å². The SMILES string of the molecule is Cn1c(-c2ccncc2)nn(CN2CCc3sccc3[C@@H]2C2CC2)c1=S. The smallest absolute Gasteiger partial charge is 0.199 e. The van der Waals surface area contributed by atoms with Crippen LogP contribution in [0, 0.1) is 10.7 Å². The monoisotopic (exact) mass is 383 g/mol. The first-order valence-corrected chi connectivity index (χ1v) is 10.4. The van der Waals surface area contributed by atoms with E-state index in [1.165, 1.54) is 12.8 Å². The van der Waals surface area contributed by atoms with E-state index < -0.39 is 0 Å². The molecule has 1 saturated carbocycles. The first-order valence-electron chi connectivity index (χ1n) is 9.07. The molecule has 3 aromatic rings. The average Bonchev–Trinajstić information content (AvgIpc) is 3.33. The molecule has 26 heavy (non-hydrogen) atoms. The number of hydrogen-bond acceptors (Lipinski definition) is 5. The van der Waals surface area contributed by atoms with Crippen LogP contribution in [0.4, 0.5) is 0 Å². The minimum atomic E-state index is 0.526. The van der Waals surface area contributed by atoms with E-state index in [0.29, 0.717) is 6.04 Å². The van der Waals surface area contributed by atoms with Gasteiger partial charge >= 0.3 is 0 Å². The first kappa shape index (κ1) is 16.4. The van der Waals surface area contributed by atoms with Crippen molar-refractivity contribution in [2.24, 2.45) is 13.0 Å². The van der Waals surface area contributed by atoms with Gasteiger partial charge in [0.15, 0.2) is 10.6 Å². The zero-order valence-corrected chi connectivity index (χ0v) is 16.3. The molecule has 5 nitrogen and oxygen atoms in total. The molecule has 0 amide bonds. The third-order valence-corrected chi connectivity index (χ3v) is 6.96. The van der Waals surface area contributed by atoms with Crippen LogP contribution < -0.4 is 0 Å². The molecule has 1 aliphatic heterocycles. The lowest BCUT2D eigenvalue weighted by molar-refractivity contribution is 0.117. The van der Waals surface area contributed by atoms with Crippen LogP contribution in [0.25, 0.3) is 11.4 Å². The van der Waals surface area contributed by atoms with Crippen LogP contribution in [0.5, 0.6) is 0 Å². The quantitative estimate of drug-likeness (QED) is 0.638. The van der Waals surface area contributed by atoms with Gasteiger partial charge in [0.1, 0.15) is 0 Å². The van der Waals surface area contributed by atoms with Gasteiger partial charge in [0, 0.05) is 42.5 Å². The summed E-state index contributed by atoms with van der Waals surface area (Å²) in [6.45, 7) is 1.84. The summed E-state index contributed by atoms with van der Waals surface area (Å²) in [7, 11) is 1.99. The van der Waals surface area contributed by atoms with Crippen LogP contribution in [0.3, 0.4) is 0 Å². The Labute approximate surface area is 161 Å². The van der Waals surface area contributed by atoms with Crippen LogP contribution in [0.2, 0.25) is 0 Å². The number of thiophene rings is 1. The molecule has 0 unspecified atom stereocenters. The zero-order chi connectivity index (χ0) is 17.7. The number of fused-ring (bicyclic) bond motifs is 1. The fourth-order valence-corrected chi connectivity index (χ4v) is 5.12. The molecule has 0 aromatic carbocycles. The van der Waals surface area contributed by atoms with Gasteiger partial charge < -0.3 is 4.57 Å². The predicted octanol–water partition coefficient (Wildman–Crippen LogP) is 4.04. The molecule has 3 aromatic heterocycles. The second-order valence-electron chi connectivity index (χ2n) is 7.19. The van der Waals surface area contributed by atoms with Crippen molar-refractivity contribution in [3.8, 4) is 11.4 Å². The van der Waals surface area contributed by atoms with Crippen LogP contribution in [-0.2, 0) is 20.1 Å². The van der Waals surface area contributed by atoms with Crippen LogP contribution >= 0.6 is 23.6 Å². The molecule has 1 atom stereocenters.